The fourth-order valence-corrected chi connectivity index (χ4v) is 0.134. The zero-order valence-electron chi connectivity index (χ0n) is 2.57. The van der Waals surface area contributed by atoms with Crippen LogP contribution in [-0.2, 0) is 33.0 Å². The molecular weight excluding hydrogens is 138 g/mol. The molecule has 0 rings (SSSR count). The molecule has 0 heterocycles. The van der Waals surface area contributed by atoms with Crippen LogP contribution >= 0.6 is 0 Å². The number of hydrogen-bond donors (Lipinski definition) is 0. The van der Waals surface area contributed by atoms with E-state index in [0.29, 0.717) is 0 Å². The summed E-state index contributed by atoms with van der Waals surface area (Å²) < 4.78 is 5.59. The smallest absolute Gasteiger partial charge is 0.0731 e. The Morgan fingerprint density at radius 2 is 2.33 bits per heavy atom. The van der Waals surface area contributed by atoms with E-state index in [1.165, 1.54) is 0 Å². The Balaban J connectivity index is 4.31. The Morgan fingerprint density at radius 1 is 1.83 bits per heavy atom. The largest absolute Gasteiger partial charge is 0.389 e. The van der Waals surface area contributed by atoms with Crippen LogP contribution in [0.3, 0.4) is 0 Å². The molecule has 6 heteroatoms. The van der Waals surface area contributed by atoms with E-state index >= 15 is 0 Å². The fraction of sp³-hybridized carbons (Fsp3) is 0. The summed E-state index contributed by atoms with van der Waals surface area (Å²) in [6.45, 7) is 0. The van der Waals surface area contributed by atoms with Crippen LogP contribution in [0, 0.1) is 0 Å². The molecule has 0 aromatic carbocycles. The zero-order valence-corrected chi connectivity index (χ0v) is 5.02. The van der Waals surface area contributed by atoms with E-state index in [0.717, 1.165) is 0 Å². The Bertz CT molecular complexity index is 129. The molecule has 0 atom stereocenters. The molecule has 0 saturated carbocycles. The van der Waals surface area contributed by atoms with Gasteiger partial charge in [-0.15, -0.1) is 0 Å². The Morgan fingerprint density at radius 3 is 2.33 bits per heavy atom. The SMILES string of the molecule is [N-]=[N+]=[S-](=S)N=S. The third kappa shape index (κ3) is 2.34. The Labute approximate surface area is 46.9 Å². The van der Waals surface area contributed by atoms with Gasteiger partial charge >= 0.3 is 0 Å². The van der Waals surface area contributed by atoms with Crippen molar-refractivity contribution in [2.24, 2.45) is 3.77 Å². The van der Waals surface area contributed by atoms with E-state index in [2.05, 4.69) is 31.5 Å². The van der Waals surface area contributed by atoms with E-state index < -0.39 is 9.44 Å². The first kappa shape index (κ1) is 6.10. The molecule has 0 amide bonds. The highest BCUT2D eigenvalue weighted by Gasteiger charge is 1.46. The highest BCUT2D eigenvalue weighted by molar-refractivity contribution is 8.22. The van der Waals surface area contributed by atoms with Gasteiger partial charge in [0, 0.05) is 12.4 Å². The van der Waals surface area contributed by atoms with Gasteiger partial charge in [0.05, 0.1) is 9.44 Å². The maximum Gasteiger partial charge on any atom is 0.0731 e. The summed E-state index contributed by atoms with van der Waals surface area (Å²) >= 11 is 8.33. The third-order valence-corrected chi connectivity index (χ3v) is 1.53. The quantitative estimate of drug-likeness (QED) is 0.290. The summed E-state index contributed by atoms with van der Waals surface area (Å²) in [5.74, 6) is 0. The predicted octanol–water partition coefficient (Wildman–Crippen LogP) is -0.0155. The molecule has 0 aliphatic rings. The first-order valence-electron chi connectivity index (χ1n) is 0.914. The third-order valence-electron chi connectivity index (χ3n) is 0.134. The van der Waals surface area contributed by atoms with Gasteiger partial charge in [0.25, 0.3) is 0 Å². The van der Waals surface area contributed by atoms with Crippen molar-refractivity contribution in [1.82, 2.24) is 4.16 Å². The fourth-order valence-electron chi connectivity index (χ4n) is 0.0149. The van der Waals surface area contributed by atoms with Crippen molar-refractivity contribution < 1.29 is 0 Å². The second-order valence-electron chi connectivity index (χ2n) is 0.387. The topological polar surface area (TPSA) is 48.8 Å². The lowest BCUT2D eigenvalue weighted by atomic mass is 13.3. The minimum Gasteiger partial charge on any atom is -0.389 e. The van der Waals surface area contributed by atoms with Gasteiger partial charge in [0.15, 0.2) is 0 Å². The van der Waals surface area contributed by atoms with Gasteiger partial charge < -0.3 is 5.53 Å². The molecule has 0 aliphatic carbocycles. The molecule has 0 bridgehead atoms. The van der Waals surface area contributed by atoms with Gasteiger partial charge in [-0.1, -0.05) is 0 Å². The van der Waals surface area contributed by atoms with Gasteiger partial charge in [0.1, 0.15) is 0 Å². The molecule has 0 spiro atoms. The first-order valence-corrected chi connectivity index (χ1v) is 3.34. The van der Waals surface area contributed by atoms with Crippen molar-refractivity contribution in [3.8, 4) is 0 Å². The summed E-state index contributed by atoms with van der Waals surface area (Å²) in [6.07, 6.45) is 0. The van der Waals surface area contributed by atoms with Gasteiger partial charge in [-0.25, -0.2) is 0 Å². The highest BCUT2D eigenvalue weighted by Crippen LogP contribution is 1.57. The van der Waals surface area contributed by atoms with Crippen molar-refractivity contribution in [2.75, 3.05) is 0 Å². The van der Waals surface area contributed by atoms with Crippen LogP contribution in [0.15, 0.2) is 3.77 Å². The molecule has 0 unspecified atom stereocenters. The van der Waals surface area contributed by atoms with Crippen LogP contribution in [-0.4, -0.2) is 0 Å². The maximum atomic E-state index is 7.71. The lowest BCUT2D eigenvalue weighted by Crippen LogP contribution is -1.59. The summed E-state index contributed by atoms with van der Waals surface area (Å²) in [5, 5.41) is 0. The van der Waals surface area contributed by atoms with E-state index in [1.54, 1.807) is 0 Å². The van der Waals surface area contributed by atoms with E-state index in [1.807, 2.05) is 0 Å². The van der Waals surface area contributed by atoms with Crippen LogP contribution in [0.1, 0.15) is 0 Å². The number of rotatable bonds is 1. The predicted molar refractivity (Wildman–Crippen MR) is 30.0 cm³/mol. The summed E-state index contributed by atoms with van der Waals surface area (Å²) in [6, 6.07) is 0. The Kier molecular flexibility index (Phi) is 3.35. The van der Waals surface area contributed by atoms with Crippen LogP contribution in [0.25, 0.3) is 5.53 Å². The van der Waals surface area contributed by atoms with Gasteiger partial charge in [-0.3, -0.25) is 7.93 Å². The van der Waals surface area contributed by atoms with Crippen molar-refractivity contribution >= 4 is 33.0 Å². The standard InChI is InChI=1S/N3S3/c1-2-6(5)3-4/q-1. The van der Waals surface area contributed by atoms with E-state index in [-0.39, 0.29) is 0 Å². The zero-order chi connectivity index (χ0) is 4.99. The van der Waals surface area contributed by atoms with Crippen molar-refractivity contribution in [1.29, 1.82) is 0 Å². The minimum absolute atomic E-state index is 1.08. The van der Waals surface area contributed by atoms with Crippen molar-refractivity contribution in [3.05, 3.63) is 5.53 Å². The summed E-state index contributed by atoms with van der Waals surface area (Å²) in [5.41, 5.74) is 7.71. The Hall–Kier alpha value is 0.100. The molecule has 34 valence electrons. The molecule has 0 saturated heterocycles. The molecule has 0 aromatic heterocycles. The monoisotopic (exact) mass is 138 g/mol. The molecule has 0 aliphatic heterocycles. The van der Waals surface area contributed by atoms with Crippen LogP contribution in [0.5, 0.6) is 0 Å². The number of nitrogens with zero attached hydrogens (tertiary/aromatic N) is 3. The van der Waals surface area contributed by atoms with Crippen molar-refractivity contribution in [3.63, 3.8) is 0 Å². The molecule has 0 fully saturated rings. The van der Waals surface area contributed by atoms with Gasteiger partial charge in [-0.2, -0.15) is 11.2 Å². The number of hydrogen-bond acceptors (Lipinski definition) is 3. The van der Waals surface area contributed by atoms with E-state index in [9.17, 15) is 0 Å². The van der Waals surface area contributed by atoms with Crippen LogP contribution < -0.4 is 4.16 Å². The van der Waals surface area contributed by atoms with Gasteiger partial charge in [0.2, 0.25) is 0 Å². The average Bonchev–Trinajstić information content (AvgIpc) is 1.65. The molecule has 0 aromatic rings. The van der Waals surface area contributed by atoms with Gasteiger partial charge in [-0.05, 0) is 0 Å². The van der Waals surface area contributed by atoms with Crippen LogP contribution in [0.2, 0.25) is 0 Å². The van der Waals surface area contributed by atoms with Crippen molar-refractivity contribution in [2.45, 2.75) is 0 Å². The average molecular weight is 138 g/mol. The first-order chi connectivity index (χ1) is 2.81. The van der Waals surface area contributed by atoms with Crippen LogP contribution in [0.4, 0.5) is 0 Å². The lowest BCUT2D eigenvalue weighted by Gasteiger charge is -1.66. The summed E-state index contributed by atoms with van der Waals surface area (Å²) in [7, 11) is -1.08. The molecule has 6 heavy (non-hydrogen) atoms. The summed E-state index contributed by atoms with van der Waals surface area (Å²) in [4.78, 5) is 0. The molecule has 3 nitrogen and oxygen atoms in total. The second-order valence-corrected chi connectivity index (χ2v) is 2.50. The highest BCUT2D eigenvalue weighted by atomic mass is 32.8. The second kappa shape index (κ2) is 3.30. The minimum atomic E-state index is -1.08. The molecular formula is N3S3-. The normalized spacial score (nSPS) is 7.50. The molecule has 0 radical (unpaired) electrons. The maximum absolute atomic E-state index is 7.71. The lowest BCUT2D eigenvalue weighted by molar-refractivity contribution is 1.71. The van der Waals surface area contributed by atoms with E-state index in [4.69, 9.17) is 5.53 Å². The molecule has 0 N–H and O–H groups in total.